The average molecular weight is 337 g/mol. The number of ether oxygens (including phenoxy) is 1. The number of hydrogen-bond acceptors (Lipinski definition) is 4. The Bertz CT molecular complexity index is 742. The summed E-state index contributed by atoms with van der Waals surface area (Å²) in [6.45, 7) is 3.33. The molecule has 0 N–H and O–H groups in total. The summed E-state index contributed by atoms with van der Waals surface area (Å²) < 4.78 is 5.45. The Morgan fingerprint density at radius 1 is 1.08 bits per heavy atom. The maximum atomic E-state index is 12.8. The number of carbonyl (C=O) groups excluding carboxylic acids is 1. The molecule has 1 aromatic heterocycles. The van der Waals surface area contributed by atoms with Crippen molar-refractivity contribution in [3.8, 4) is 5.75 Å². The second kappa shape index (κ2) is 6.75. The molecule has 25 heavy (non-hydrogen) atoms. The number of hydrogen-bond donors (Lipinski definition) is 0. The van der Waals surface area contributed by atoms with Crippen LogP contribution in [-0.4, -0.2) is 49.1 Å². The number of pyridine rings is 1. The summed E-state index contributed by atoms with van der Waals surface area (Å²) in [7, 11) is 1.69. The molecular formula is C20H23N3O2. The van der Waals surface area contributed by atoms with Gasteiger partial charge in [0.15, 0.2) is 0 Å². The molecule has 1 amide bonds. The van der Waals surface area contributed by atoms with Gasteiger partial charge in [-0.15, -0.1) is 0 Å². The van der Waals surface area contributed by atoms with Gasteiger partial charge >= 0.3 is 0 Å². The molecule has 1 aromatic carbocycles. The van der Waals surface area contributed by atoms with E-state index in [0.29, 0.717) is 11.8 Å². The summed E-state index contributed by atoms with van der Waals surface area (Å²) in [6, 6.07) is 12.1. The Balaban J connectivity index is 1.36. The van der Waals surface area contributed by atoms with E-state index in [0.717, 1.165) is 38.3 Å². The van der Waals surface area contributed by atoms with Crippen LogP contribution in [-0.2, 0) is 4.79 Å². The summed E-state index contributed by atoms with van der Waals surface area (Å²) >= 11 is 0. The topological polar surface area (TPSA) is 45.7 Å². The minimum Gasteiger partial charge on any atom is -0.496 e. The van der Waals surface area contributed by atoms with Crippen LogP contribution < -0.4 is 9.64 Å². The first-order valence-electron chi connectivity index (χ1n) is 8.84. The third-order valence-corrected chi connectivity index (χ3v) is 5.27. The molecule has 5 nitrogen and oxygen atoms in total. The number of rotatable bonds is 4. The first-order chi connectivity index (χ1) is 12.3. The number of anilines is 1. The fourth-order valence-electron chi connectivity index (χ4n) is 3.76. The van der Waals surface area contributed by atoms with Crippen LogP contribution in [0.2, 0.25) is 0 Å². The zero-order chi connectivity index (χ0) is 17.2. The van der Waals surface area contributed by atoms with E-state index in [1.807, 2.05) is 47.6 Å². The summed E-state index contributed by atoms with van der Waals surface area (Å²) in [6.07, 6.45) is 4.56. The van der Waals surface area contributed by atoms with Gasteiger partial charge in [0.2, 0.25) is 5.91 Å². The molecule has 2 aromatic rings. The quantitative estimate of drug-likeness (QED) is 0.860. The van der Waals surface area contributed by atoms with E-state index in [2.05, 4.69) is 16.0 Å². The van der Waals surface area contributed by atoms with Crippen LogP contribution >= 0.6 is 0 Å². The zero-order valence-electron chi connectivity index (χ0n) is 14.5. The van der Waals surface area contributed by atoms with Crippen molar-refractivity contribution in [1.29, 1.82) is 0 Å². The fraction of sp³-hybridized carbons (Fsp3) is 0.400. The highest BCUT2D eigenvalue weighted by Crippen LogP contribution is 2.51. The lowest BCUT2D eigenvalue weighted by Gasteiger charge is -2.36. The van der Waals surface area contributed by atoms with E-state index >= 15 is 0 Å². The highest BCUT2D eigenvalue weighted by Gasteiger charge is 2.47. The van der Waals surface area contributed by atoms with E-state index in [-0.39, 0.29) is 5.92 Å². The Hall–Kier alpha value is -2.56. The molecule has 130 valence electrons. The molecule has 1 saturated heterocycles. The van der Waals surface area contributed by atoms with Gasteiger partial charge < -0.3 is 14.5 Å². The number of aromatic nitrogens is 1. The lowest BCUT2D eigenvalue weighted by atomic mass is 10.1. The normalized spacial score (nSPS) is 22.6. The van der Waals surface area contributed by atoms with Crippen LogP contribution in [0.3, 0.4) is 0 Å². The summed E-state index contributed by atoms with van der Waals surface area (Å²) in [5.74, 6) is 1.61. The van der Waals surface area contributed by atoms with Crippen LogP contribution in [0.15, 0.2) is 48.8 Å². The van der Waals surface area contributed by atoms with Crippen molar-refractivity contribution >= 4 is 11.6 Å². The molecule has 4 rings (SSSR count). The van der Waals surface area contributed by atoms with Crippen LogP contribution in [0.4, 0.5) is 5.69 Å². The summed E-state index contributed by atoms with van der Waals surface area (Å²) in [4.78, 5) is 21.2. The molecule has 0 radical (unpaired) electrons. The SMILES string of the molecule is COc1ccccc1[C@@H]1C[C@H]1C(=O)N1CCN(c2ccncc2)CC1. The Labute approximate surface area is 148 Å². The van der Waals surface area contributed by atoms with Crippen molar-refractivity contribution in [2.45, 2.75) is 12.3 Å². The number of amides is 1. The third kappa shape index (κ3) is 3.18. The number of carbonyl (C=O) groups is 1. The lowest BCUT2D eigenvalue weighted by molar-refractivity contribution is -0.132. The number of benzene rings is 1. The Morgan fingerprint density at radius 3 is 2.52 bits per heavy atom. The molecule has 0 unspecified atom stereocenters. The van der Waals surface area contributed by atoms with E-state index in [9.17, 15) is 4.79 Å². The molecular weight excluding hydrogens is 314 g/mol. The van der Waals surface area contributed by atoms with Crippen molar-refractivity contribution in [3.05, 3.63) is 54.4 Å². The van der Waals surface area contributed by atoms with Crippen molar-refractivity contribution < 1.29 is 9.53 Å². The van der Waals surface area contributed by atoms with Crippen molar-refractivity contribution in [2.24, 2.45) is 5.92 Å². The number of piperazine rings is 1. The van der Waals surface area contributed by atoms with E-state index in [4.69, 9.17) is 4.74 Å². The largest absolute Gasteiger partial charge is 0.496 e. The van der Waals surface area contributed by atoms with Crippen LogP contribution in [0.1, 0.15) is 17.9 Å². The molecule has 2 fully saturated rings. The maximum Gasteiger partial charge on any atom is 0.226 e. The predicted octanol–water partition coefficient (Wildman–Crippen LogP) is 2.54. The summed E-state index contributed by atoms with van der Waals surface area (Å²) in [5, 5.41) is 0. The van der Waals surface area contributed by atoms with Gasteiger partial charge in [-0.1, -0.05) is 18.2 Å². The minimum absolute atomic E-state index is 0.115. The van der Waals surface area contributed by atoms with Crippen LogP contribution in [0, 0.1) is 5.92 Å². The molecule has 1 aliphatic carbocycles. The summed E-state index contributed by atoms with van der Waals surface area (Å²) in [5.41, 5.74) is 2.35. The van der Waals surface area contributed by atoms with E-state index in [1.165, 1.54) is 11.3 Å². The standard InChI is InChI=1S/C20H23N3O2/c1-25-19-5-3-2-4-16(19)17-14-18(17)20(24)23-12-10-22(11-13-23)15-6-8-21-9-7-15/h2-9,17-18H,10-14H2,1H3/t17-,18+/m0/s1. The Morgan fingerprint density at radius 2 is 1.80 bits per heavy atom. The molecule has 2 atom stereocenters. The first-order valence-corrected chi connectivity index (χ1v) is 8.84. The van der Waals surface area contributed by atoms with Gasteiger partial charge in [-0.3, -0.25) is 9.78 Å². The van der Waals surface area contributed by atoms with Gasteiger partial charge in [0, 0.05) is 50.2 Å². The molecule has 0 bridgehead atoms. The van der Waals surface area contributed by atoms with E-state index < -0.39 is 0 Å². The lowest BCUT2D eigenvalue weighted by Crippen LogP contribution is -2.49. The number of methoxy groups -OCH3 is 1. The molecule has 2 aliphatic rings. The fourth-order valence-corrected chi connectivity index (χ4v) is 3.76. The van der Waals surface area contributed by atoms with Crippen molar-refractivity contribution in [2.75, 3.05) is 38.2 Å². The van der Waals surface area contributed by atoms with E-state index in [1.54, 1.807) is 7.11 Å². The molecule has 2 heterocycles. The Kier molecular flexibility index (Phi) is 4.30. The van der Waals surface area contributed by atoms with Gasteiger partial charge in [0.1, 0.15) is 5.75 Å². The number of para-hydroxylation sites is 1. The van der Waals surface area contributed by atoms with Crippen molar-refractivity contribution in [1.82, 2.24) is 9.88 Å². The van der Waals surface area contributed by atoms with Crippen LogP contribution in [0.5, 0.6) is 5.75 Å². The van der Waals surface area contributed by atoms with Gasteiger partial charge in [-0.25, -0.2) is 0 Å². The highest BCUT2D eigenvalue weighted by molar-refractivity contribution is 5.83. The molecule has 0 spiro atoms. The van der Waals surface area contributed by atoms with Gasteiger partial charge in [-0.2, -0.15) is 0 Å². The maximum absolute atomic E-state index is 12.8. The van der Waals surface area contributed by atoms with Gasteiger partial charge in [-0.05, 0) is 36.1 Å². The minimum atomic E-state index is 0.115. The average Bonchev–Trinajstić information content (AvgIpc) is 3.49. The second-order valence-electron chi connectivity index (χ2n) is 6.71. The molecule has 1 aliphatic heterocycles. The second-order valence-corrected chi connectivity index (χ2v) is 6.71. The third-order valence-electron chi connectivity index (χ3n) is 5.27. The smallest absolute Gasteiger partial charge is 0.226 e. The monoisotopic (exact) mass is 337 g/mol. The molecule has 1 saturated carbocycles. The number of nitrogens with zero attached hydrogens (tertiary/aromatic N) is 3. The first kappa shape index (κ1) is 15.9. The highest BCUT2D eigenvalue weighted by atomic mass is 16.5. The van der Waals surface area contributed by atoms with Crippen LogP contribution in [0.25, 0.3) is 0 Å². The van der Waals surface area contributed by atoms with Gasteiger partial charge in [0.25, 0.3) is 0 Å². The molecule has 5 heteroatoms. The predicted molar refractivity (Wildman–Crippen MR) is 96.9 cm³/mol. The zero-order valence-corrected chi connectivity index (χ0v) is 14.5. The van der Waals surface area contributed by atoms with Gasteiger partial charge in [0.05, 0.1) is 7.11 Å². The van der Waals surface area contributed by atoms with Crippen molar-refractivity contribution in [3.63, 3.8) is 0 Å².